The van der Waals surface area contributed by atoms with E-state index in [9.17, 15) is 8.42 Å². The van der Waals surface area contributed by atoms with E-state index in [1.807, 2.05) is 28.7 Å². The molecule has 128 valence electrons. The van der Waals surface area contributed by atoms with Crippen molar-refractivity contribution in [2.45, 2.75) is 10.1 Å². The number of rotatable bonds is 5. The summed E-state index contributed by atoms with van der Waals surface area (Å²) in [5.74, 6) is 0.472. The molecule has 0 aliphatic heterocycles. The lowest BCUT2D eigenvalue weighted by Crippen LogP contribution is -2.09. The molecule has 0 saturated heterocycles. The number of hydrogen-bond acceptors (Lipinski definition) is 6. The first-order chi connectivity index (χ1) is 12.0. The Bertz CT molecular complexity index is 1150. The van der Waals surface area contributed by atoms with Gasteiger partial charge in [-0.3, -0.25) is 4.40 Å². The normalized spacial score (nSPS) is 12.2. The van der Waals surface area contributed by atoms with Crippen molar-refractivity contribution in [1.82, 2.24) is 14.6 Å². The number of thiazole rings is 1. The molecule has 9 heteroatoms. The molecule has 0 bridgehead atoms. The largest absolute Gasteiger partial charge is 0.260 e. The van der Waals surface area contributed by atoms with Gasteiger partial charge in [0.1, 0.15) is 0 Å². The Kier molecular flexibility index (Phi) is 4.57. The standard InChI is InChI=1S/C16H12BrN3O2S3/c17-11-5-7-12(8-6-11)25(21,22)10-9-23-15-18-19-16-20(15)13-3-1-2-4-14(13)24-16/h1-8H,9-10H2. The molecule has 5 nitrogen and oxygen atoms in total. The molecule has 0 amide bonds. The van der Waals surface area contributed by atoms with Gasteiger partial charge >= 0.3 is 0 Å². The summed E-state index contributed by atoms with van der Waals surface area (Å²) < 4.78 is 28.8. The van der Waals surface area contributed by atoms with E-state index in [2.05, 4.69) is 26.1 Å². The molecule has 0 fully saturated rings. The van der Waals surface area contributed by atoms with Crippen molar-refractivity contribution in [2.75, 3.05) is 11.5 Å². The Hall–Kier alpha value is -1.42. The summed E-state index contributed by atoms with van der Waals surface area (Å²) in [6.07, 6.45) is 0. The Morgan fingerprint density at radius 2 is 1.84 bits per heavy atom. The van der Waals surface area contributed by atoms with Crippen LogP contribution in [0.2, 0.25) is 0 Å². The van der Waals surface area contributed by atoms with Crippen LogP contribution in [0, 0.1) is 0 Å². The average Bonchev–Trinajstić information content (AvgIpc) is 3.15. The first-order valence-corrected chi connectivity index (χ1v) is 11.6. The van der Waals surface area contributed by atoms with Gasteiger partial charge in [-0.15, -0.1) is 10.2 Å². The van der Waals surface area contributed by atoms with E-state index in [4.69, 9.17) is 0 Å². The maximum atomic E-state index is 12.4. The van der Waals surface area contributed by atoms with Crippen molar-refractivity contribution in [3.8, 4) is 0 Å². The van der Waals surface area contributed by atoms with Crippen LogP contribution in [-0.2, 0) is 9.84 Å². The minimum absolute atomic E-state index is 0.0519. The summed E-state index contributed by atoms with van der Waals surface area (Å²) in [6, 6.07) is 14.7. The monoisotopic (exact) mass is 453 g/mol. The quantitative estimate of drug-likeness (QED) is 0.422. The number of benzene rings is 2. The zero-order chi connectivity index (χ0) is 17.4. The van der Waals surface area contributed by atoms with E-state index in [0.717, 1.165) is 24.8 Å². The third-order valence-corrected chi connectivity index (χ3v) is 8.13. The Labute approximate surface area is 161 Å². The van der Waals surface area contributed by atoms with Gasteiger partial charge in [0.15, 0.2) is 15.0 Å². The van der Waals surface area contributed by atoms with Crippen LogP contribution in [0.5, 0.6) is 0 Å². The number of thioether (sulfide) groups is 1. The minimum atomic E-state index is -3.31. The lowest BCUT2D eigenvalue weighted by molar-refractivity contribution is 0.597. The Balaban J connectivity index is 1.54. The van der Waals surface area contributed by atoms with E-state index in [0.29, 0.717) is 10.6 Å². The van der Waals surface area contributed by atoms with E-state index < -0.39 is 9.84 Å². The van der Waals surface area contributed by atoms with E-state index in [1.54, 1.807) is 35.6 Å². The van der Waals surface area contributed by atoms with Gasteiger partial charge in [-0.1, -0.05) is 51.2 Å². The number of para-hydroxylation sites is 1. The predicted octanol–water partition coefficient (Wildman–Crippen LogP) is 4.27. The second-order valence-electron chi connectivity index (χ2n) is 5.29. The summed E-state index contributed by atoms with van der Waals surface area (Å²) in [7, 11) is -3.31. The van der Waals surface area contributed by atoms with E-state index >= 15 is 0 Å². The lowest BCUT2D eigenvalue weighted by Gasteiger charge is -2.04. The molecule has 0 aliphatic carbocycles. The fourth-order valence-corrected chi connectivity index (χ4v) is 6.33. The second-order valence-corrected chi connectivity index (χ2v) is 10.4. The molecule has 2 aromatic heterocycles. The molecular weight excluding hydrogens is 442 g/mol. The highest BCUT2D eigenvalue weighted by molar-refractivity contribution is 9.10. The Morgan fingerprint density at radius 1 is 1.08 bits per heavy atom. The number of fused-ring (bicyclic) bond motifs is 3. The molecule has 0 aliphatic rings. The first kappa shape index (κ1) is 17.0. The van der Waals surface area contributed by atoms with Gasteiger partial charge in [0.25, 0.3) is 0 Å². The van der Waals surface area contributed by atoms with Crippen molar-refractivity contribution in [3.05, 3.63) is 53.0 Å². The van der Waals surface area contributed by atoms with Gasteiger partial charge < -0.3 is 0 Å². The van der Waals surface area contributed by atoms with Crippen molar-refractivity contribution < 1.29 is 8.42 Å². The smallest absolute Gasteiger partial charge is 0.217 e. The lowest BCUT2D eigenvalue weighted by atomic mass is 10.3. The number of aromatic nitrogens is 3. The molecule has 25 heavy (non-hydrogen) atoms. The van der Waals surface area contributed by atoms with Crippen LogP contribution < -0.4 is 0 Å². The molecule has 0 radical (unpaired) electrons. The van der Waals surface area contributed by atoms with Crippen LogP contribution in [0.3, 0.4) is 0 Å². The fourth-order valence-electron chi connectivity index (χ4n) is 2.45. The first-order valence-electron chi connectivity index (χ1n) is 7.38. The van der Waals surface area contributed by atoms with Gasteiger partial charge in [0, 0.05) is 10.2 Å². The van der Waals surface area contributed by atoms with Gasteiger partial charge in [-0.05, 0) is 36.4 Å². The molecule has 0 spiro atoms. The molecule has 0 atom stereocenters. The molecule has 2 aromatic carbocycles. The van der Waals surface area contributed by atoms with Crippen LogP contribution in [0.15, 0.2) is 63.1 Å². The van der Waals surface area contributed by atoms with Crippen LogP contribution >= 0.6 is 39.0 Å². The maximum Gasteiger partial charge on any atom is 0.217 e. The van der Waals surface area contributed by atoms with Crippen molar-refractivity contribution in [1.29, 1.82) is 0 Å². The predicted molar refractivity (Wildman–Crippen MR) is 105 cm³/mol. The topological polar surface area (TPSA) is 64.3 Å². The summed E-state index contributed by atoms with van der Waals surface area (Å²) in [4.78, 5) is 1.16. The minimum Gasteiger partial charge on any atom is -0.260 e. The van der Waals surface area contributed by atoms with Crippen LogP contribution in [0.1, 0.15) is 0 Å². The molecule has 4 rings (SSSR count). The Morgan fingerprint density at radius 3 is 2.64 bits per heavy atom. The van der Waals surface area contributed by atoms with Gasteiger partial charge in [0.05, 0.1) is 20.9 Å². The number of nitrogens with zero attached hydrogens (tertiary/aromatic N) is 3. The molecular formula is C16H12BrN3O2S3. The molecule has 0 unspecified atom stereocenters. The third kappa shape index (κ3) is 3.33. The second kappa shape index (κ2) is 6.71. The molecule has 0 saturated carbocycles. The summed E-state index contributed by atoms with van der Waals surface area (Å²) in [6.45, 7) is 0. The van der Waals surface area contributed by atoms with Crippen molar-refractivity contribution in [3.63, 3.8) is 0 Å². The van der Waals surface area contributed by atoms with E-state index in [-0.39, 0.29) is 5.75 Å². The molecule has 0 N–H and O–H groups in total. The highest BCUT2D eigenvalue weighted by Crippen LogP contribution is 2.29. The number of hydrogen-bond donors (Lipinski definition) is 0. The summed E-state index contributed by atoms with van der Waals surface area (Å²) in [5.41, 5.74) is 1.05. The highest BCUT2D eigenvalue weighted by Gasteiger charge is 2.17. The number of halogens is 1. The third-order valence-electron chi connectivity index (χ3n) is 3.67. The zero-order valence-electron chi connectivity index (χ0n) is 12.8. The zero-order valence-corrected chi connectivity index (χ0v) is 16.8. The van der Waals surface area contributed by atoms with Gasteiger partial charge in [-0.25, -0.2) is 8.42 Å². The summed E-state index contributed by atoms with van der Waals surface area (Å²) in [5, 5.41) is 9.11. The molecule has 2 heterocycles. The van der Waals surface area contributed by atoms with Gasteiger partial charge in [0.2, 0.25) is 4.96 Å². The van der Waals surface area contributed by atoms with Crippen molar-refractivity contribution in [2.24, 2.45) is 0 Å². The number of sulfone groups is 1. The summed E-state index contributed by atoms with van der Waals surface area (Å²) >= 11 is 6.30. The molecule has 4 aromatic rings. The van der Waals surface area contributed by atoms with E-state index in [1.165, 1.54) is 11.8 Å². The van der Waals surface area contributed by atoms with Gasteiger partial charge in [-0.2, -0.15) is 0 Å². The van der Waals surface area contributed by atoms with Crippen LogP contribution in [0.25, 0.3) is 15.2 Å². The average molecular weight is 454 g/mol. The highest BCUT2D eigenvalue weighted by atomic mass is 79.9. The van der Waals surface area contributed by atoms with Crippen molar-refractivity contribution >= 4 is 64.0 Å². The van der Waals surface area contributed by atoms with Crippen LogP contribution in [-0.4, -0.2) is 34.5 Å². The fraction of sp³-hybridized carbons (Fsp3) is 0.125. The SMILES string of the molecule is O=S(=O)(CCSc1nnc2sc3ccccc3n12)c1ccc(Br)cc1. The maximum absolute atomic E-state index is 12.4. The van der Waals surface area contributed by atoms with Crippen LogP contribution in [0.4, 0.5) is 0 Å².